The van der Waals surface area contributed by atoms with Gasteiger partial charge in [0, 0.05) is 27.7 Å². The fourth-order valence-electron chi connectivity index (χ4n) is 8.10. The molecule has 0 N–H and O–H groups in total. The summed E-state index contributed by atoms with van der Waals surface area (Å²) < 4.78 is 2.40. The standard InChI is InChI=1S/C52H36N2/c1-4-16-37(17-5-1)39-30-33-43(34-31-39)54(50-29-15-28-49-52(50)47-25-12-13-27-48(47)53(49)42-22-8-3-9-23-42)51-36-41(38-18-6-2-7-19-38)32-35-46(51)45-26-14-21-40-20-10-11-24-44(40)45/h1-36H. The molecule has 1 aromatic heterocycles. The lowest BCUT2D eigenvalue weighted by Gasteiger charge is -2.30. The summed E-state index contributed by atoms with van der Waals surface area (Å²) in [4.78, 5) is 2.49. The maximum atomic E-state index is 2.49. The van der Waals surface area contributed by atoms with Crippen LogP contribution in [0.4, 0.5) is 17.1 Å². The molecule has 2 nitrogen and oxygen atoms in total. The van der Waals surface area contributed by atoms with Crippen molar-refractivity contribution in [1.82, 2.24) is 4.57 Å². The van der Waals surface area contributed by atoms with E-state index in [0.29, 0.717) is 0 Å². The van der Waals surface area contributed by atoms with Gasteiger partial charge in [-0.2, -0.15) is 0 Å². The van der Waals surface area contributed by atoms with E-state index in [-0.39, 0.29) is 0 Å². The van der Waals surface area contributed by atoms with Gasteiger partial charge in [0.2, 0.25) is 0 Å². The molecular weight excluding hydrogens is 653 g/mol. The highest BCUT2D eigenvalue weighted by Crippen LogP contribution is 2.48. The van der Waals surface area contributed by atoms with Crippen LogP contribution in [0, 0.1) is 0 Å². The number of nitrogens with zero attached hydrogens (tertiary/aromatic N) is 2. The second kappa shape index (κ2) is 13.4. The summed E-state index contributed by atoms with van der Waals surface area (Å²) in [6.07, 6.45) is 0. The van der Waals surface area contributed by atoms with Gasteiger partial charge >= 0.3 is 0 Å². The molecule has 0 aliphatic heterocycles. The molecule has 0 unspecified atom stereocenters. The van der Waals surface area contributed by atoms with Crippen molar-refractivity contribution in [3.63, 3.8) is 0 Å². The largest absolute Gasteiger partial charge is 0.309 e. The lowest BCUT2D eigenvalue weighted by Crippen LogP contribution is -2.12. The van der Waals surface area contributed by atoms with Crippen molar-refractivity contribution < 1.29 is 0 Å². The smallest absolute Gasteiger partial charge is 0.0562 e. The molecule has 10 aromatic rings. The van der Waals surface area contributed by atoms with E-state index >= 15 is 0 Å². The molecule has 0 saturated carbocycles. The number of para-hydroxylation sites is 2. The van der Waals surface area contributed by atoms with E-state index in [4.69, 9.17) is 0 Å². The summed E-state index contributed by atoms with van der Waals surface area (Å²) in [7, 11) is 0. The van der Waals surface area contributed by atoms with E-state index < -0.39 is 0 Å². The molecule has 54 heavy (non-hydrogen) atoms. The van der Waals surface area contributed by atoms with Crippen LogP contribution in [0.5, 0.6) is 0 Å². The van der Waals surface area contributed by atoms with E-state index in [2.05, 4.69) is 228 Å². The third kappa shape index (κ3) is 5.44. The monoisotopic (exact) mass is 688 g/mol. The minimum Gasteiger partial charge on any atom is -0.309 e. The van der Waals surface area contributed by atoms with E-state index in [0.717, 1.165) is 28.3 Å². The first-order valence-corrected chi connectivity index (χ1v) is 18.5. The number of aromatic nitrogens is 1. The number of rotatable bonds is 7. The molecule has 0 fully saturated rings. The molecule has 0 saturated heterocycles. The number of hydrogen-bond acceptors (Lipinski definition) is 1. The maximum absolute atomic E-state index is 2.49. The minimum absolute atomic E-state index is 1.09. The quantitative estimate of drug-likeness (QED) is 0.162. The van der Waals surface area contributed by atoms with Crippen LogP contribution >= 0.6 is 0 Å². The highest BCUT2D eigenvalue weighted by molar-refractivity contribution is 6.17. The van der Waals surface area contributed by atoms with Crippen molar-refractivity contribution >= 4 is 49.6 Å². The first-order chi connectivity index (χ1) is 26.8. The number of benzene rings is 9. The van der Waals surface area contributed by atoms with Crippen LogP contribution < -0.4 is 4.90 Å². The number of hydrogen-bond donors (Lipinski definition) is 0. The van der Waals surface area contributed by atoms with Crippen molar-refractivity contribution in [2.45, 2.75) is 0 Å². The lowest BCUT2D eigenvalue weighted by molar-refractivity contribution is 1.18. The Hall–Kier alpha value is -7.16. The molecule has 0 aliphatic carbocycles. The topological polar surface area (TPSA) is 8.17 Å². The highest BCUT2D eigenvalue weighted by atomic mass is 15.2. The normalized spacial score (nSPS) is 11.3. The average molecular weight is 689 g/mol. The van der Waals surface area contributed by atoms with Crippen LogP contribution in [-0.4, -0.2) is 4.57 Å². The molecule has 0 radical (unpaired) electrons. The SMILES string of the molecule is c1ccc(-c2ccc(N(c3cc(-c4ccccc4)ccc3-c3cccc4ccccc34)c3cccc4c3c3ccccc3n4-c3ccccc3)cc2)cc1. The van der Waals surface area contributed by atoms with Crippen LogP contribution in [0.1, 0.15) is 0 Å². The maximum Gasteiger partial charge on any atom is 0.0562 e. The van der Waals surface area contributed by atoms with Gasteiger partial charge in [0.25, 0.3) is 0 Å². The van der Waals surface area contributed by atoms with E-state index in [1.54, 1.807) is 0 Å². The summed E-state index contributed by atoms with van der Waals surface area (Å²) in [5.74, 6) is 0. The van der Waals surface area contributed by atoms with Crippen LogP contribution in [0.2, 0.25) is 0 Å². The zero-order valence-electron chi connectivity index (χ0n) is 29.7. The highest BCUT2D eigenvalue weighted by Gasteiger charge is 2.24. The van der Waals surface area contributed by atoms with Crippen LogP contribution in [-0.2, 0) is 0 Å². The molecule has 0 aliphatic rings. The van der Waals surface area contributed by atoms with Crippen LogP contribution in [0.3, 0.4) is 0 Å². The fraction of sp³-hybridized carbons (Fsp3) is 0. The molecule has 254 valence electrons. The third-order valence-corrected chi connectivity index (χ3v) is 10.6. The Labute approximate surface area is 315 Å². The minimum atomic E-state index is 1.09. The molecule has 0 amide bonds. The van der Waals surface area contributed by atoms with Crippen LogP contribution in [0.25, 0.3) is 71.6 Å². The van der Waals surface area contributed by atoms with Crippen molar-refractivity contribution in [3.05, 3.63) is 218 Å². The average Bonchev–Trinajstić information content (AvgIpc) is 3.60. The summed E-state index contributed by atoms with van der Waals surface area (Å²) in [6, 6.07) is 79.0. The predicted molar refractivity (Wildman–Crippen MR) is 229 cm³/mol. The van der Waals surface area contributed by atoms with E-state index in [1.165, 1.54) is 60.4 Å². The Kier molecular flexibility index (Phi) is 7.85. The Morgan fingerprint density at radius 2 is 0.889 bits per heavy atom. The van der Waals surface area contributed by atoms with Crippen LogP contribution in [0.15, 0.2) is 218 Å². The van der Waals surface area contributed by atoms with Gasteiger partial charge in [0.15, 0.2) is 0 Å². The van der Waals surface area contributed by atoms with Gasteiger partial charge < -0.3 is 9.47 Å². The Balaban J connectivity index is 1.30. The van der Waals surface area contributed by atoms with E-state index in [1.807, 2.05) is 0 Å². The molecule has 0 bridgehead atoms. The van der Waals surface area contributed by atoms with Gasteiger partial charge in [-0.05, 0) is 87.1 Å². The Morgan fingerprint density at radius 1 is 0.333 bits per heavy atom. The van der Waals surface area contributed by atoms with Crippen molar-refractivity contribution in [1.29, 1.82) is 0 Å². The summed E-state index contributed by atoms with van der Waals surface area (Å²) >= 11 is 0. The Morgan fingerprint density at radius 3 is 1.65 bits per heavy atom. The zero-order chi connectivity index (χ0) is 35.8. The van der Waals surface area contributed by atoms with Gasteiger partial charge in [0.05, 0.1) is 22.4 Å². The third-order valence-electron chi connectivity index (χ3n) is 10.6. The van der Waals surface area contributed by atoms with Gasteiger partial charge in [-0.3, -0.25) is 0 Å². The van der Waals surface area contributed by atoms with Gasteiger partial charge in [-0.1, -0.05) is 170 Å². The molecule has 0 spiro atoms. The second-order valence-electron chi connectivity index (χ2n) is 13.7. The molecule has 2 heteroatoms. The predicted octanol–water partition coefficient (Wildman–Crippen LogP) is 14.4. The fourth-order valence-corrected chi connectivity index (χ4v) is 8.10. The van der Waals surface area contributed by atoms with E-state index in [9.17, 15) is 0 Å². The van der Waals surface area contributed by atoms with Crippen molar-refractivity contribution in [2.75, 3.05) is 4.90 Å². The first kappa shape index (κ1) is 31.6. The number of anilines is 3. The lowest BCUT2D eigenvalue weighted by atomic mass is 9.93. The number of fused-ring (bicyclic) bond motifs is 4. The Bertz CT molecular complexity index is 2900. The molecule has 0 atom stereocenters. The van der Waals surface area contributed by atoms with Crippen molar-refractivity contribution in [3.8, 4) is 39.1 Å². The second-order valence-corrected chi connectivity index (χ2v) is 13.7. The molecule has 1 heterocycles. The van der Waals surface area contributed by atoms with Gasteiger partial charge in [-0.25, -0.2) is 0 Å². The van der Waals surface area contributed by atoms with Gasteiger partial charge in [0.1, 0.15) is 0 Å². The van der Waals surface area contributed by atoms with Gasteiger partial charge in [-0.15, -0.1) is 0 Å². The van der Waals surface area contributed by atoms with Crippen molar-refractivity contribution in [2.24, 2.45) is 0 Å². The molecular formula is C52H36N2. The summed E-state index contributed by atoms with van der Waals surface area (Å²) in [5.41, 5.74) is 13.9. The summed E-state index contributed by atoms with van der Waals surface area (Å²) in [5, 5.41) is 4.87. The molecule has 9 aromatic carbocycles. The summed E-state index contributed by atoms with van der Waals surface area (Å²) in [6.45, 7) is 0. The first-order valence-electron chi connectivity index (χ1n) is 18.5. The molecule has 10 rings (SSSR count). The zero-order valence-corrected chi connectivity index (χ0v) is 29.7.